The summed E-state index contributed by atoms with van der Waals surface area (Å²) in [7, 11) is 0. The molecule has 0 saturated heterocycles. The van der Waals surface area contributed by atoms with Crippen molar-refractivity contribution < 1.29 is 0 Å². The lowest BCUT2D eigenvalue weighted by molar-refractivity contribution is 1.18. The van der Waals surface area contributed by atoms with Gasteiger partial charge in [0.1, 0.15) is 0 Å². The molecule has 0 amide bonds. The van der Waals surface area contributed by atoms with E-state index >= 15 is 0 Å². The quantitative estimate of drug-likeness (QED) is 0.207. The fourth-order valence-electron chi connectivity index (χ4n) is 7.43. The molecular formula is C43H26N2. The predicted molar refractivity (Wildman–Crippen MR) is 189 cm³/mol. The van der Waals surface area contributed by atoms with Crippen molar-refractivity contribution in [2.75, 3.05) is 0 Å². The summed E-state index contributed by atoms with van der Waals surface area (Å²) in [6.07, 6.45) is 2.05. The van der Waals surface area contributed by atoms with Gasteiger partial charge in [-0.3, -0.25) is 4.98 Å². The highest BCUT2D eigenvalue weighted by atomic mass is 15.0. The molecule has 0 aliphatic heterocycles. The maximum atomic E-state index is 4.94. The van der Waals surface area contributed by atoms with E-state index in [0.29, 0.717) is 0 Å². The third kappa shape index (κ3) is 3.60. The van der Waals surface area contributed by atoms with Gasteiger partial charge in [-0.2, -0.15) is 0 Å². The van der Waals surface area contributed by atoms with E-state index in [4.69, 9.17) is 4.98 Å². The Morgan fingerprint density at radius 3 is 1.91 bits per heavy atom. The van der Waals surface area contributed by atoms with Crippen LogP contribution >= 0.6 is 0 Å². The highest BCUT2D eigenvalue weighted by Crippen LogP contribution is 2.47. The molecule has 0 unspecified atom stereocenters. The van der Waals surface area contributed by atoms with Gasteiger partial charge in [0.15, 0.2) is 0 Å². The number of fused-ring (bicyclic) bond motifs is 7. The van der Waals surface area contributed by atoms with Gasteiger partial charge in [-0.25, -0.2) is 0 Å². The molecule has 2 heterocycles. The number of aromatic nitrogens is 2. The fourth-order valence-corrected chi connectivity index (χ4v) is 7.43. The smallest absolute Gasteiger partial charge is 0.0708 e. The molecule has 7 aromatic carbocycles. The Kier molecular flexibility index (Phi) is 5.03. The minimum atomic E-state index is 1.00. The average molecular weight is 571 g/mol. The predicted octanol–water partition coefficient (Wildman–Crippen LogP) is 11.5. The molecule has 0 atom stereocenters. The molecule has 2 heteroatoms. The van der Waals surface area contributed by atoms with E-state index in [-0.39, 0.29) is 0 Å². The van der Waals surface area contributed by atoms with Gasteiger partial charge >= 0.3 is 0 Å². The minimum absolute atomic E-state index is 1.00. The van der Waals surface area contributed by atoms with E-state index in [1.807, 2.05) is 0 Å². The lowest BCUT2D eigenvalue weighted by Gasteiger charge is -2.10. The molecule has 208 valence electrons. The molecule has 0 fully saturated rings. The van der Waals surface area contributed by atoms with Crippen LogP contribution in [0.2, 0.25) is 0 Å². The maximum Gasteiger partial charge on any atom is 0.0708 e. The van der Waals surface area contributed by atoms with E-state index in [1.165, 1.54) is 82.4 Å². The average Bonchev–Trinajstić information content (AvgIpc) is 3.61. The standard InChI is InChI=1S/C43H26N2/c1-2-10-33(11-3-1)45-41-15-5-4-12-34(41)38-24-31(20-21-42(38)45)29-16-17-30-23-32(19-18-28(30)22-29)40-25-37-35-13-6-8-27-9-7-14-36(43(27)35)39(37)26-44-40/h1-26H. The number of rotatable bonds is 3. The first-order valence-corrected chi connectivity index (χ1v) is 15.5. The zero-order valence-electron chi connectivity index (χ0n) is 24.4. The number of hydrogen-bond acceptors (Lipinski definition) is 1. The molecule has 9 aromatic rings. The van der Waals surface area contributed by atoms with E-state index in [1.54, 1.807) is 0 Å². The van der Waals surface area contributed by atoms with Crippen LogP contribution in [0.1, 0.15) is 0 Å². The Morgan fingerprint density at radius 2 is 1.07 bits per heavy atom. The number of nitrogens with zero attached hydrogens (tertiary/aromatic N) is 2. The lowest BCUT2D eigenvalue weighted by atomic mass is 9.97. The molecule has 10 rings (SSSR count). The lowest BCUT2D eigenvalue weighted by Crippen LogP contribution is -1.92. The van der Waals surface area contributed by atoms with Crippen molar-refractivity contribution in [1.29, 1.82) is 0 Å². The van der Waals surface area contributed by atoms with Crippen LogP contribution in [0, 0.1) is 0 Å². The molecular weight excluding hydrogens is 544 g/mol. The summed E-state index contributed by atoms with van der Waals surface area (Å²) in [5.41, 5.74) is 13.3. The maximum absolute atomic E-state index is 4.94. The highest BCUT2D eigenvalue weighted by Gasteiger charge is 2.22. The van der Waals surface area contributed by atoms with Crippen LogP contribution in [0.15, 0.2) is 158 Å². The van der Waals surface area contributed by atoms with Crippen molar-refractivity contribution in [3.63, 3.8) is 0 Å². The summed E-state index contributed by atoms with van der Waals surface area (Å²) in [4.78, 5) is 4.94. The van der Waals surface area contributed by atoms with Crippen molar-refractivity contribution in [3.05, 3.63) is 158 Å². The van der Waals surface area contributed by atoms with Gasteiger partial charge in [-0.1, -0.05) is 103 Å². The zero-order chi connectivity index (χ0) is 29.5. The second-order valence-corrected chi connectivity index (χ2v) is 12.0. The van der Waals surface area contributed by atoms with Crippen LogP contribution in [0.3, 0.4) is 0 Å². The Bertz CT molecular complexity index is 2640. The molecule has 1 aliphatic rings. The molecule has 1 aliphatic carbocycles. The summed E-state index contributed by atoms with van der Waals surface area (Å²) < 4.78 is 2.36. The highest BCUT2D eigenvalue weighted by molar-refractivity contribution is 6.15. The first-order valence-electron chi connectivity index (χ1n) is 15.5. The van der Waals surface area contributed by atoms with Crippen molar-refractivity contribution in [2.45, 2.75) is 0 Å². The Morgan fingerprint density at radius 1 is 0.400 bits per heavy atom. The van der Waals surface area contributed by atoms with Gasteiger partial charge in [0, 0.05) is 33.8 Å². The number of pyridine rings is 1. The molecule has 0 saturated carbocycles. The largest absolute Gasteiger partial charge is 0.309 e. The van der Waals surface area contributed by atoms with Gasteiger partial charge in [0.25, 0.3) is 0 Å². The molecule has 2 nitrogen and oxygen atoms in total. The van der Waals surface area contributed by atoms with Gasteiger partial charge in [0.05, 0.1) is 16.7 Å². The topological polar surface area (TPSA) is 17.8 Å². The van der Waals surface area contributed by atoms with Crippen molar-refractivity contribution in [1.82, 2.24) is 9.55 Å². The van der Waals surface area contributed by atoms with Crippen LogP contribution in [0.25, 0.3) is 93.7 Å². The van der Waals surface area contributed by atoms with Crippen molar-refractivity contribution in [2.24, 2.45) is 0 Å². The zero-order valence-corrected chi connectivity index (χ0v) is 24.4. The minimum Gasteiger partial charge on any atom is -0.309 e. The summed E-state index contributed by atoms with van der Waals surface area (Å²) in [5.74, 6) is 0. The van der Waals surface area contributed by atoms with Gasteiger partial charge < -0.3 is 4.57 Å². The van der Waals surface area contributed by atoms with E-state index in [9.17, 15) is 0 Å². The third-order valence-corrected chi connectivity index (χ3v) is 9.55. The van der Waals surface area contributed by atoms with Crippen molar-refractivity contribution >= 4 is 43.4 Å². The van der Waals surface area contributed by atoms with Crippen LogP contribution in [-0.4, -0.2) is 9.55 Å². The van der Waals surface area contributed by atoms with Crippen molar-refractivity contribution in [3.8, 4) is 50.3 Å². The molecule has 45 heavy (non-hydrogen) atoms. The van der Waals surface area contributed by atoms with Crippen LogP contribution < -0.4 is 0 Å². The van der Waals surface area contributed by atoms with E-state index < -0.39 is 0 Å². The monoisotopic (exact) mass is 570 g/mol. The third-order valence-electron chi connectivity index (χ3n) is 9.55. The summed E-state index contributed by atoms with van der Waals surface area (Å²) in [6.45, 7) is 0. The Hall–Kier alpha value is -5.99. The summed E-state index contributed by atoms with van der Waals surface area (Å²) >= 11 is 0. The molecule has 0 bridgehead atoms. The normalized spacial score (nSPS) is 12.0. The Balaban J connectivity index is 1.05. The van der Waals surface area contributed by atoms with Gasteiger partial charge in [-0.15, -0.1) is 0 Å². The first-order chi connectivity index (χ1) is 22.3. The van der Waals surface area contributed by atoms with E-state index in [0.717, 1.165) is 11.3 Å². The second-order valence-electron chi connectivity index (χ2n) is 12.0. The number of benzene rings is 7. The van der Waals surface area contributed by atoms with Crippen LogP contribution in [0.5, 0.6) is 0 Å². The first kappa shape index (κ1) is 24.5. The molecule has 2 aromatic heterocycles. The van der Waals surface area contributed by atoms with Gasteiger partial charge in [0.2, 0.25) is 0 Å². The van der Waals surface area contributed by atoms with E-state index in [2.05, 4.69) is 162 Å². The fraction of sp³-hybridized carbons (Fsp3) is 0. The number of hydrogen-bond donors (Lipinski definition) is 0. The Labute approximate surface area is 260 Å². The number of para-hydroxylation sites is 2. The molecule has 0 spiro atoms. The summed E-state index contributed by atoms with van der Waals surface area (Å²) in [6, 6.07) is 55.1. The molecule has 0 N–H and O–H groups in total. The SMILES string of the molecule is c1ccc(-n2c3ccccc3c3cc(-c4ccc5cc(-c6cc7c(cn6)-c6cccc8cccc-7c68)ccc5c4)ccc32)cc1. The van der Waals surface area contributed by atoms with Gasteiger partial charge in [-0.05, 0) is 97.9 Å². The summed E-state index contributed by atoms with van der Waals surface area (Å²) in [5, 5.41) is 7.59. The second kappa shape index (κ2) is 9.25. The molecule has 0 radical (unpaired) electrons. The van der Waals surface area contributed by atoms with Crippen LogP contribution in [-0.2, 0) is 0 Å². The van der Waals surface area contributed by atoms with Crippen LogP contribution in [0.4, 0.5) is 0 Å².